The molecule has 0 bridgehead atoms. The summed E-state index contributed by atoms with van der Waals surface area (Å²) in [6.45, 7) is 0. The topological polar surface area (TPSA) is 51.1 Å². The lowest BCUT2D eigenvalue weighted by atomic mass is 10.1. The summed E-state index contributed by atoms with van der Waals surface area (Å²) in [5.41, 5.74) is 2.29. The van der Waals surface area contributed by atoms with Crippen LogP contribution in [0.25, 0.3) is 15.7 Å². The number of amides is 1. The number of benzene rings is 2. The highest BCUT2D eigenvalue weighted by Gasteiger charge is 2.33. The highest BCUT2D eigenvalue weighted by molar-refractivity contribution is 7.20. The van der Waals surface area contributed by atoms with Gasteiger partial charge >= 0.3 is 0 Å². The van der Waals surface area contributed by atoms with E-state index >= 15 is 0 Å². The largest absolute Gasteiger partial charge is 0.493 e. The molecular formula is C22H18N2O3S. The van der Waals surface area contributed by atoms with Gasteiger partial charge in [0, 0.05) is 34.5 Å². The highest BCUT2D eigenvalue weighted by Crippen LogP contribution is 2.41. The molecule has 3 heterocycles. The molecule has 0 radical (unpaired) electrons. The van der Waals surface area contributed by atoms with Crippen LogP contribution in [0.15, 0.2) is 53.7 Å². The maximum Gasteiger partial charge on any atom is 0.260 e. The number of methoxy groups -OCH3 is 2. The molecule has 0 aliphatic carbocycles. The first kappa shape index (κ1) is 17.0. The molecule has 1 aromatic heterocycles. The number of ether oxygens (including phenoxy) is 2. The summed E-state index contributed by atoms with van der Waals surface area (Å²) in [5, 5.41) is 1.23. The van der Waals surface area contributed by atoms with Gasteiger partial charge in [0.05, 0.1) is 31.5 Å². The fourth-order valence-electron chi connectivity index (χ4n) is 3.73. The summed E-state index contributed by atoms with van der Waals surface area (Å²) >= 11 is 1.76. The number of carbonyl (C=O) groups is 1. The lowest BCUT2D eigenvalue weighted by Crippen LogP contribution is -2.32. The van der Waals surface area contributed by atoms with Gasteiger partial charge in [-0.15, -0.1) is 11.3 Å². The molecule has 5 rings (SSSR count). The zero-order valence-corrected chi connectivity index (χ0v) is 16.3. The van der Waals surface area contributed by atoms with Crippen LogP contribution in [-0.2, 0) is 0 Å². The number of aliphatic imine (C=N–C) groups is 1. The number of carbonyl (C=O) groups excluding carboxylic acids is 1. The Morgan fingerprint density at radius 1 is 1.11 bits per heavy atom. The van der Waals surface area contributed by atoms with Gasteiger partial charge in [-0.2, -0.15) is 0 Å². The van der Waals surface area contributed by atoms with Gasteiger partial charge in [0.1, 0.15) is 0 Å². The van der Waals surface area contributed by atoms with Crippen molar-refractivity contribution in [3.05, 3.63) is 59.1 Å². The van der Waals surface area contributed by atoms with E-state index in [1.54, 1.807) is 42.6 Å². The molecule has 6 heteroatoms. The fourth-order valence-corrected chi connectivity index (χ4v) is 4.81. The van der Waals surface area contributed by atoms with Crippen molar-refractivity contribution in [3.63, 3.8) is 0 Å². The maximum absolute atomic E-state index is 13.2. The Kier molecular flexibility index (Phi) is 3.94. The van der Waals surface area contributed by atoms with E-state index in [4.69, 9.17) is 9.47 Å². The van der Waals surface area contributed by atoms with Crippen LogP contribution in [0.4, 0.5) is 5.69 Å². The molecule has 3 aromatic rings. The third-order valence-electron chi connectivity index (χ3n) is 5.18. The van der Waals surface area contributed by atoms with Gasteiger partial charge in [-0.1, -0.05) is 18.2 Å². The normalized spacial score (nSPS) is 17.9. The number of nitrogens with zero attached hydrogens (tertiary/aromatic N) is 2. The first-order valence-corrected chi connectivity index (χ1v) is 9.82. The van der Waals surface area contributed by atoms with Crippen LogP contribution in [0, 0.1) is 0 Å². The Bertz CT molecular complexity index is 1130. The molecule has 28 heavy (non-hydrogen) atoms. The summed E-state index contributed by atoms with van der Waals surface area (Å²) in [6.07, 6.45) is 4.58. The summed E-state index contributed by atoms with van der Waals surface area (Å²) < 4.78 is 12.0. The predicted molar refractivity (Wildman–Crippen MR) is 112 cm³/mol. The molecule has 0 unspecified atom stereocenters. The van der Waals surface area contributed by atoms with Crippen LogP contribution in [0.3, 0.4) is 0 Å². The van der Waals surface area contributed by atoms with Crippen molar-refractivity contribution in [2.45, 2.75) is 12.5 Å². The second-order valence-corrected chi connectivity index (χ2v) is 7.87. The van der Waals surface area contributed by atoms with Crippen molar-refractivity contribution < 1.29 is 14.3 Å². The minimum atomic E-state index is -0.0860. The van der Waals surface area contributed by atoms with E-state index in [9.17, 15) is 4.79 Å². The zero-order chi connectivity index (χ0) is 19.3. The molecule has 1 amide bonds. The van der Waals surface area contributed by atoms with Crippen LogP contribution in [-0.4, -0.2) is 37.3 Å². The van der Waals surface area contributed by atoms with E-state index in [2.05, 4.69) is 23.2 Å². The summed E-state index contributed by atoms with van der Waals surface area (Å²) in [7, 11) is 3.14. The first-order valence-electron chi connectivity index (χ1n) is 9.00. The summed E-state index contributed by atoms with van der Waals surface area (Å²) in [4.78, 5) is 20.8. The Morgan fingerprint density at radius 2 is 1.89 bits per heavy atom. The van der Waals surface area contributed by atoms with E-state index in [-0.39, 0.29) is 11.9 Å². The summed E-state index contributed by atoms with van der Waals surface area (Å²) in [6, 6.07) is 13.9. The van der Waals surface area contributed by atoms with Gasteiger partial charge in [0.15, 0.2) is 11.5 Å². The molecule has 5 nitrogen and oxygen atoms in total. The minimum absolute atomic E-state index is 0.0745. The molecule has 140 valence electrons. The lowest BCUT2D eigenvalue weighted by molar-refractivity contribution is 0.0817. The number of hydrogen-bond acceptors (Lipinski definition) is 5. The number of hydrogen-bond donors (Lipinski definition) is 0. The smallest absolute Gasteiger partial charge is 0.260 e. The van der Waals surface area contributed by atoms with E-state index in [0.29, 0.717) is 22.7 Å². The second kappa shape index (κ2) is 6.49. The van der Waals surface area contributed by atoms with Gasteiger partial charge in [0.25, 0.3) is 5.91 Å². The highest BCUT2D eigenvalue weighted by atomic mass is 32.1. The standard InChI is InChI=1S/C22H18N2O3S/c1-26-18-9-16-17(10-19(18)27-2)23-11-15-7-14(12-24(15)22(16)25)21-8-13-5-3-4-6-20(13)28-21/h3-6,8-12,15H,7H2,1-2H3/t15-/m0/s1. The molecule has 0 N–H and O–H groups in total. The number of rotatable bonds is 3. The molecule has 2 aromatic carbocycles. The van der Waals surface area contributed by atoms with Crippen molar-refractivity contribution in [2.24, 2.45) is 4.99 Å². The monoisotopic (exact) mass is 390 g/mol. The number of fused-ring (bicyclic) bond motifs is 3. The Labute approximate surface area is 166 Å². The third kappa shape index (κ3) is 2.60. The quantitative estimate of drug-likeness (QED) is 0.640. The first-order chi connectivity index (χ1) is 13.7. The van der Waals surface area contributed by atoms with Crippen LogP contribution in [0.5, 0.6) is 11.5 Å². The summed E-state index contributed by atoms with van der Waals surface area (Å²) in [5.74, 6) is 1.01. The Hall–Kier alpha value is -3.12. The molecule has 0 spiro atoms. The molecule has 0 saturated heterocycles. The van der Waals surface area contributed by atoms with Gasteiger partial charge in [-0.3, -0.25) is 9.79 Å². The SMILES string of the molecule is COc1cc2c(cc1OC)C(=O)N1C=C(c3cc4ccccc4s3)C[C@H]1C=N2. The van der Waals surface area contributed by atoms with Crippen LogP contribution >= 0.6 is 11.3 Å². The average Bonchev–Trinajstić information content (AvgIpc) is 3.32. The van der Waals surface area contributed by atoms with E-state index in [0.717, 1.165) is 12.0 Å². The third-order valence-corrected chi connectivity index (χ3v) is 6.37. The zero-order valence-electron chi connectivity index (χ0n) is 15.5. The van der Waals surface area contributed by atoms with E-state index in [1.807, 2.05) is 24.5 Å². The Morgan fingerprint density at radius 3 is 2.68 bits per heavy atom. The van der Waals surface area contributed by atoms with Crippen LogP contribution in [0.1, 0.15) is 21.7 Å². The fraction of sp³-hybridized carbons (Fsp3) is 0.182. The lowest BCUT2D eigenvalue weighted by Gasteiger charge is -2.18. The molecular weight excluding hydrogens is 372 g/mol. The van der Waals surface area contributed by atoms with E-state index in [1.165, 1.54) is 15.0 Å². The van der Waals surface area contributed by atoms with Crippen molar-refractivity contribution in [1.82, 2.24) is 4.90 Å². The second-order valence-electron chi connectivity index (χ2n) is 6.79. The molecule has 0 saturated carbocycles. The predicted octanol–water partition coefficient (Wildman–Crippen LogP) is 4.89. The van der Waals surface area contributed by atoms with Crippen molar-refractivity contribution in [1.29, 1.82) is 0 Å². The van der Waals surface area contributed by atoms with Gasteiger partial charge in [0.2, 0.25) is 0 Å². The van der Waals surface area contributed by atoms with Crippen LogP contribution in [0.2, 0.25) is 0 Å². The van der Waals surface area contributed by atoms with E-state index < -0.39 is 0 Å². The Balaban J connectivity index is 1.54. The maximum atomic E-state index is 13.2. The average molecular weight is 390 g/mol. The molecule has 0 fully saturated rings. The molecule has 1 atom stereocenters. The van der Waals surface area contributed by atoms with Crippen molar-refractivity contribution in [2.75, 3.05) is 14.2 Å². The van der Waals surface area contributed by atoms with Gasteiger partial charge in [-0.25, -0.2) is 0 Å². The van der Waals surface area contributed by atoms with Crippen LogP contribution < -0.4 is 9.47 Å². The van der Waals surface area contributed by atoms with Crippen molar-refractivity contribution in [3.8, 4) is 11.5 Å². The van der Waals surface area contributed by atoms with Gasteiger partial charge in [-0.05, 0) is 29.2 Å². The van der Waals surface area contributed by atoms with Crippen molar-refractivity contribution >= 4 is 44.8 Å². The molecule has 2 aliphatic heterocycles. The molecule has 2 aliphatic rings. The number of thiophene rings is 1. The minimum Gasteiger partial charge on any atom is -0.493 e. The van der Waals surface area contributed by atoms with Gasteiger partial charge < -0.3 is 14.4 Å².